The summed E-state index contributed by atoms with van der Waals surface area (Å²) in [6, 6.07) is 3.74. The summed E-state index contributed by atoms with van der Waals surface area (Å²) in [6.45, 7) is -0.0494. The smallest absolute Gasteiger partial charge is 0.330 e. The minimum atomic E-state index is -0.903. The van der Waals surface area contributed by atoms with Gasteiger partial charge in [-0.3, -0.25) is 24.3 Å². The summed E-state index contributed by atoms with van der Waals surface area (Å²) in [4.78, 5) is 46.9. The predicted molar refractivity (Wildman–Crippen MR) is 76.6 cm³/mol. The van der Waals surface area contributed by atoms with Crippen LogP contribution in [0.5, 0.6) is 0 Å². The van der Waals surface area contributed by atoms with Crippen LogP contribution in [-0.2, 0) is 16.1 Å². The Balaban J connectivity index is 2.57. The van der Waals surface area contributed by atoms with Crippen molar-refractivity contribution in [1.29, 1.82) is 0 Å². The molecule has 1 aromatic carbocycles. The molecular formula is C13H11N3O6. The zero-order chi connectivity index (χ0) is 16.3. The summed E-state index contributed by atoms with van der Waals surface area (Å²) in [5.41, 5.74) is -1.47. The lowest BCUT2D eigenvalue weighted by Crippen LogP contribution is -2.36. The third-order valence-electron chi connectivity index (χ3n) is 2.91. The van der Waals surface area contributed by atoms with Crippen molar-refractivity contribution in [1.82, 2.24) is 9.55 Å². The molecule has 0 bridgehead atoms. The number of fused-ring (bicyclic) bond motifs is 1. The fourth-order valence-corrected chi connectivity index (χ4v) is 1.88. The maximum Gasteiger partial charge on any atom is 0.330 e. The molecule has 1 aromatic heterocycles. The number of esters is 1. The first-order valence-corrected chi connectivity index (χ1v) is 6.10. The number of benzene rings is 1. The highest BCUT2D eigenvalue weighted by Gasteiger charge is 2.11. The van der Waals surface area contributed by atoms with Crippen LogP contribution < -0.4 is 11.1 Å². The molecule has 0 amide bonds. The van der Waals surface area contributed by atoms with Crippen LogP contribution in [0.2, 0.25) is 0 Å². The minimum absolute atomic E-state index is 0.0494. The number of carbonyl (C=O) groups excluding carboxylic acids is 1. The normalized spacial score (nSPS) is 11.0. The largest absolute Gasteiger partial charge is 0.466 e. The highest BCUT2D eigenvalue weighted by molar-refractivity contribution is 5.81. The number of nitrogens with one attached hydrogen (secondary N) is 1. The highest BCUT2D eigenvalue weighted by Crippen LogP contribution is 2.17. The summed E-state index contributed by atoms with van der Waals surface area (Å²) in [5, 5.41) is 10.7. The Morgan fingerprint density at radius 2 is 2.18 bits per heavy atom. The average molecular weight is 305 g/mol. The Morgan fingerprint density at radius 3 is 2.82 bits per heavy atom. The van der Waals surface area contributed by atoms with Crippen LogP contribution in [0.4, 0.5) is 5.69 Å². The van der Waals surface area contributed by atoms with Gasteiger partial charge in [0.15, 0.2) is 0 Å². The van der Waals surface area contributed by atoms with Gasteiger partial charge in [0, 0.05) is 24.8 Å². The molecule has 22 heavy (non-hydrogen) atoms. The van der Waals surface area contributed by atoms with Gasteiger partial charge in [-0.05, 0) is 6.07 Å². The van der Waals surface area contributed by atoms with Crippen molar-refractivity contribution in [2.45, 2.75) is 6.54 Å². The first-order chi connectivity index (χ1) is 10.4. The molecule has 0 atom stereocenters. The van der Waals surface area contributed by atoms with Crippen molar-refractivity contribution in [3.63, 3.8) is 0 Å². The van der Waals surface area contributed by atoms with Gasteiger partial charge in [0.1, 0.15) is 0 Å². The van der Waals surface area contributed by atoms with Crippen LogP contribution in [0, 0.1) is 10.1 Å². The van der Waals surface area contributed by atoms with E-state index in [0.717, 1.165) is 16.7 Å². The Kier molecular flexibility index (Phi) is 4.16. The fraction of sp³-hybridized carbons (Fsp3) is 0.154. The first kappa shape index (κ1) is 15.2. The van der Waals surface area contributed by atoms with Crippen molar-refractivity contribution >= 4 is 22.7 Å². The van der Waals surface area contributed by atoms with Gasteiger partial charge in [0.05, 0.1) is 23.1 Å². The molecule has 2 aromatic rings. The molecule has 1 heterocycles. The first-order valence-electron chi connectivity index (χ1n) is 6.10. The number of H-pyrrole nitrogens is 1. The van der Waals surface area contributed by atoms with Gasteiger partial charge in [-0.25, -0.2) is 4.79 Å². The van der Waals surface area contributed by atoms with Gasteiger partial charge in [0.2, 0.25) is 0 Å². The van der Waals surface area contributed by atoms with Crippen LogP contribution in [0.3, 0.4) is 0 Å². The SMILES string of the molecule is COC(=O)C=CCn1c(=O)c(=O)[nH]c2cc([N+](=O)[O-])ccc21. The maximum atomic E-state index is 11.9. The van der Waals surface area contributed by atoms with Gasteiger partial charge >= 0.3 is 17.1 Å². The van der Waals surface area contributed by atoms with Gasteiger partial charge in [0.25, 0.3) is 5.69 Å². The fourth-order valence-electron chi connectivity index (χ4n) is 1.88. The number of hydrogen-bond donors (Lipinski definition) is 1. The Labute approximate surface area is 122 Å². The third-order valence-corrected chi connectivity index (χ3v) is 2.91. The maximum absolute atomic E-state index is 11.9. The number of rotatable bonds is 4. The number of aromatic amines is 1. The van der Waals surface area contributed by atoms with Crippen LogP contribution in [0.1, 0.15) is 0 Å². The molecule has 1 N–H and O–H groups in total. The Bertz CT molecular complexity index is 893. The molecule has 0 saturated carbocycles. The summed E-state index contributed by atoms with van der Waals surface area (Å²) in [6.07, 6.45) is 2.47. The second-order valence-corrected chi connectivity index (χ2v) is 4.25. The molecular weight excluding hydrogens is 294 g/mol. The summed E-state index contributed by atoms with van der Waals surface area (Å²) < 4.78 is 5.52. The molecule has 0 aliphatic heterocycles. The molecule has 0 spiro atoms. The number of carbonyl (C=O) groups is 1. The van der Waals surface area contributed by atoms with E-state index in [-0.39, 0.29) is 17.7 Å². The van der Waals surface area contributed by atoms with E-state index in [4.69, 9.17) is 0 Å². The number of ether oxygens (including phenoxy) is 1. The van der Waals surface area contributed by atoms with Gasteiger partial charge < -0.3 is 9.72 Å². The van der Waals surface area contributed by atoms with Crippen LogP contribution >= 0.6 is 0 Å². The Hall–Kier alpha value is -3.23. The molecule has 0 unspecified atom stereocenters. The standard InChI is InChI=1S/C13H11N3O6/c1-22-11(17)3-2-6-15-10-5-4-8(16(20)21)7-9(10)14-12(18)13(15)19/h2-5,7H,6H2,1H3,(H,14,18). The lowest BCUT2D eigenvalue weighted by Gasteiger charge is -2.06. The monoisotopic (exact) mass is 305 g/mol. The Morgan fingerprint density at radius 1 is 1.45 bits per heavy atom. The van der Waals surface area contributed by atoms with E-state index in [2.05, 4.69) is 9.72 Å². The molecule has 2 rings (SSSR count). The number of nitro groups is 1. The molecule has 0 saturated heterocycles. The quantitative estimate of drug-likeness (QED) is 0.285. The van der Waals surface area contributed by atoms with Gasteiger partial charge in [-0.1, -0.05) is 6.08 Å². The number of nitrogens with zero attached hydrogens (tertiary/aromatic N) is 2. The number of aromatic nitrogens is 2. The van der Waals surface area contributed by atoms with Crippen molar-refractivity contribution in [3.05, 3.63) is 61.2 Å². The van der Waals surface area contributed by atoms with E-state index in [0.29, 0.717) is 5.52 Å². The lowest BCUT2D eigenvalue weighted by atomic mass is 10.2. The van der Waals surface area contributed by atoms with Gasteiger partial charge in [-0.15, -0.1) is 0 Å². The van der Waals surface area contributed by atoms with Crippen molar-refractivity contribution < 1.29 is 14.5 Å². The topological polar surface area (TPSA) is 124 Å². The molecule has 0 radical (unpaired) electrons. The number of hydrogen-bond acceptors (Lipinski definition) is 6. The zero-order valence-electron chi connectivity index (χ0n) is 11.4. The summed E-state index contributed by atoms with van der Waals surface area (Å²) in [5.74, 6) is -0.599. The molecule has 0 fully saturated rings. The second-order valence-electron chi connectivity index (χ2n) is 4.25. The highest BCUT2D eigenvalue weighted by atomic mass is 16.6. The summed E-state index contributed by atoms with van der Waals surface area (Å²) >= 11 is 0. The molecule has 0 aliphatic rings. The minimum Gasteiger partial charge on any atom is -0.466 e. The number of nitro benzene ring substituents is 1. The van der Waals surface area contributed by atoms with Crippen LogP contribution in [0.25, 0.3) is 11.0 Å². The van der Waals surface area contributed by atoms with Gasteiger partial charge in [-0.2, -0.15) is 0 Å². The van der Waals surface area contributed by atoms with Crippen LogP contribution in [-0.4, -0.2) is 27.6 Å². The lowest BCUT2D eigenvalue weighted by molar-refractivity contribution is -0.384. The van der Waals surface area contributed by atoms with E-state index in [1.165, 1.54) is 25.3 Å². The third kappa shape index (κ3) is 2.92. The van der Waals surface area contributed by atoms with E-state index in [9.17, 15) is 24.5 Å². The predicted octanol–water partition coefficient (Wildman–Crippen LogP) is 0.327. The number of allylic oxidation sites excluding steroid dienone is 1. The van der Waals surface area contributed by atoms with E-state index in [1.54, 1.807) is 0 Å². The van der Waals surface area contributed by atoms with Crippen molar-refractivity contribution in [2.75, 3.05) is 7.11 Å². The number of non-ortho nitro benzene ring substituents is 1. The van der Waals surface area contributed by atoms with E-state index in [1.807, 2.05) is 0 Å². The van der Waals surface area contributed by atoms with Crippen LogP contribution in [0.15, 0.2) is 39.9 Å². The number of methoxy groups -OCH3 is 1. The van der Waals surface area contributed by atoms with E-state index >= 15 is 0 Å². The second kappa shape index (κ2) is 6.04. The van der Waals surface area contributed by atoms with Crippen molar-refractivity contribution in [3.8, 4) is 0 Å². The molecule has 9 nitrogen and oxygen atoms in total. The average Bonchev–Trinajstić information content (AvgIpc) is 2.50. The molecule has 9 heteroatoms. The van der Waals surface area contributed by atoms with Crippen molar-refractivity contribution in [2.24, 2.45) is 0 Å². The van der Waals surface area contributed by atoms with E-state index < -0.39 is 22.0 Å². The summed E-state index contributed by atoms with van der Waals surface area (Å²) in [7, 11) is 1.21. The zero-order valence-corrected chi connectivity index (χ0v) is 11.4. The molecule has 0 aliphatic carbocycles. The molecule has 114 valence electrons.